The standard InChI is InChI=1S/C51H37N4/c1-53-32-28-37(29-33-53)47-34-46(36-26-30-52-31-27-36)42-22-24-44-48(54(38-14-6-2-7-15-38)39-16-8-3-9-17-39)35-49(45-25-23-43(47)50(42)51(44)45)55(40-18-10-4-11-19-40)41-20-12-5-13-21-41/h2-35H,1H3/q+1. The smallest absolute Gasteiger partial charge is 0.169 e. The van der Waals surface area contributed by atoms with Gasteiger partial charge in [-0.15, -0.1) is 0 Å². The monoisotopic (exact) mass is 705 g/mol. The van der Waals surface area contributed by atoms with Gasteiger partial charge < -0.3 is 9.80 Å². The Kier molecular flexibility index (Phi) is 8.00. The molecule has 0 amide bonds. The van der Waals surface area contributed by atoms with Crippen molar-refractivity contribution in [2.24, 2.45) is 7.05 Å². The van der Waals surface area contributed by atoms with Crippen LogP contribution in [0.1, 0.15) is 0 Å². The Morgan fingerprint density at radius 2 is 0.745 bits per heavy atom. The largest absolute Gasteiger partial charge is 0.310 e. The molecule has 0 unspecified atom stereocenters. The van der Waals surface area contributed by atoms with Crippen LogP contribution in [0.3, 0.4) is 0 Å². The fraction of sp³-hybridized carbons (Fsp3) is 0.0196. The Morgan fingerprint density at radius 1 is 0.382 bits per heavy atom. The van der Waals surface area contributed by atoms with E-state index in [9.17, 15) is 0 Å². The van der Waals surface area contributed by atoms with Crippen molar-refractivity contribution in [3.63, 3.8) is 0 Å². The number of aryl methyl sites for hydroxylation is 1. The highest BCUT2D eigenvalue weighted by Gasteiger charge is 2.26. The zero-order valence-electron chi connectivity index (χ0n) is 30.4. The van der Waals surface area contributed by atoms with Crippen molar-refractivity contribution in [3.05, 3.63) is 207 Å². The zero-order valence-corrected chi connectivity index (χ0v) is 30.4. The molecule has 2 heterocycles. The van der Waals surface area contributed by atoms with Crippen LogP contribution in [-0.2, 0) is 7.05 Å². The first-order chi connectivity index (χ1) is 27.2. The van der Waals surface area contributed by atoms with E-state index in [0.717, 1.165) is 39.7 Å². The Bertz CT molecular complexity index is 2720. The summed E-state index contributed by atoms with van der Waals surface area (Å²) in [4.78, 5) is 9.20. The third-order valence-corrected chi connectivity index (χ3v) is 10.7. The van der Waals surface area contributed by atoms with E-state index >= 15 is 0 Å². The van der Waals surface area contributed by atoms with E-state index in [4.69, 9.17) is 0 Å². The maximum atomic E-state index is 4.39. The Morgan fingerprint density at radius 3 is 1.16 bits per heavy atom. The first kappa shape index (κ1) is 32.4. The van der Waals surface area contributed by atoms with E-state index in [1.165, 1.54) is 49.0 Å². The van der Waals surface area contributed by atoms with Gasteiger partial charge in [0.2, 0.25) is 0 Å². The van der Waals surface area contributed by atoms with Crippen LogP contribution in [0, 0.1) is 0 Å². The molecule has 10 aromatic rings. The normalized spacial score (nSPS) is 11.4. The summed E-state index contributed by atoms with van der Waals surface area (Å²) in [5.74, 6) is 0. The van der Waals surface area contributed by atoms with Crippen LogP contribution in [0.5, 0.6) is 0 Å². The molecule has 0 atom stereocenters. The molecule has 0 radical (unpaired) electrons. The number of nitrogens with zero attached hydrogens (tertiary/aromatic N) is 4. The lowest BCUT2D eigenvalue weighted by molar-refractivity contribution is -0.671. The fourth-order valence-electron chi connectivity index (χ4n) is 8.18. The van der Waals surface area contributed by atoms with E-state index in [1.54, 1.807) is 0 Å². The molecule has 0 aliphatic heterocycles. The van der Waals surface area contributed by atoms with Gasteiger partial charge in [-0.2, -0.15) is 0 Å². The van der Waals surface area contributed by atoms with Crippen LogP contribution in [-0.4, -0.2) is 4.98 Å². The molecular formula is C51H37N4+. The van der Waals surface area contributed by atoms with Gasteiger partial charge in [0.25, 0.3) is 0 Å². The lowest BCUT2D eigenvalue weighted by Gasteiger charge is -2.32. The average molecular weight is 706 g/mol. The van der Waals surface area contributed by atoms with E-state index in [2.05, 4.69) is 221 Å². The van der Waals surface area contributed by atoms with Crippen LogP contribution < -0.4 is 14.4 Å². The summed E-state index contributed by atoms with van der Waals surface area (Å²) >= 11 is 0. The Labute approximate surface area is 320 Å². The summed E-state index contributed by atoms with van der Waals surface area (Å²) in [5.41, 5.74) is 11.3. The van der Waals surface area contributed by atoms with Crippen LogP contribution in [0.25, 0.3) is 54.6 Å². The second-order valence-corrected chi connectivity index (χ2v) is 14.0. The summed E-state index contributed by atoms with van der Waals surface area (Å²) < 4.78 is 2.09. The van der Waals surface area contributed by atoms with E-state index in [-0.39, 0.29) is 0 Å². The molecule has 0 saturated carbocycles. The molecule has 0 spiro atoms. The molecule has 0 aliphatic carbocycles. The third kappa shape index (κ3) is 5.63. The molecule has 55 heavy (non-hydrogen) atoms. The quantitative estimate of drug-likeness (QED) is 0.116. The van der Waals surface area contributed by atoms with E-state index in [0.29, 0.717) is 0 Å². The lowest BCUT2D eigenvalue weighted by Crippen LogP contribution is -2.25. The molecule has 0 fully saturated rings. The molecule has 4 nitrogen and oxygen atoms in total. The van der Waals surface area contributed by atoms with Crippen molar-refractivity contribution in [1.29, 1.82) is 0 Å². The molecule has 0 saturated heterocycles. The number of para-hydroxylation sites is 4. The van der Waals surface area contributed by atoms with Gasteiger partial charge in [0, 0.05) is 63.4 Å². The number of hydrogen-bond donors (Lipinski definition) is 0. The summed E-state index contributed by atoms with van der Waals surface area (Å²) in [6.07, 6.45) is 8.04. The average Bonchev–Trinajstić information content (AvgIpc) is 3.25. The minimum absolute atomic E-state index is 1.09. The Balaban J connectivity index is 1.40. The number of rotatable bonds is 8. The van der Waals surface area contributed by atoms with Crippen LogP contribution >= 0.6 is 0 Å². The first-order valence-corrected chi connectivity index (χ1v) is 18.7. The van der Waals surface area contributed by atoms with Crippen molar-refractivity contribution in [2.75, 3.05) is 9.80 Å². The summed E-state index contributed by atoms with van der Waals surface area (Å²) in [5, 5.41) is 7.28. The highest BCUT2D eigenvalue weighted by Crippen LogP contribution is 2.52. The summed E-state index contributed by atoms with van der Waals surface area (Å²) in [6.45, 7) is 0. The third-order valence-electron chi connectivity index (χ3n) is 10.7. The van der Waals surface area contributed by atoms with Gasteiger partial charge in [-0.05, 0) is 111 Å². The first-order valence-electron chi connectivity index (χ1n) is 18.7. The Hall–Kier alpha value is -7.30. The van der Waals surface area contributed by atoms with Crippen molar-refractivity contribution >= 4 is 66.4 Å². The van der Waals surface area contributed by atoms with E-state index < -0.39 is 0 Å². The van der Waals surface area contributed by atoms with Crippen molar-refractivity contribution in [3.8, 4) is 22.3 Å². The van der Waals surface area contributed by atoms with E-state index in [1.807, 2.05) is 12.4 Å². The molecule has 260 valence electrons. The predicted molar refractivity (Wildman–Crippen MR) is 229 cm³/mol. The van der Waals surface area contributed by atoms with Crippen molar-refractivity contribution in [1.82, 2.24) is 4.98 Å². The summed E-state index contributed by atoms with van der Waals surface area (Å²) in [7, 11) is 2.07. The lowest BCUT2D eigenvalue weighted by atomic mass is 9.85. The topological polar surface area (TPSA) is 23.2 Å². The highest BCUT2D eigenvalue weighted by molar-refractivity contribution is 6.32. The molecule has 8 aromatic carbocycles. The SMILES string of the molecule is C[n+]1ccc(-c2cc(-c3ccncc3)c3ccc4c(N(c5ccccc5)c5ccccc5)cc(N(c5ccccc5)c5ccccc5)c5ccc2c3c45)cc1. The number of benzene rings is 8. The highest BCUT2D eigenvalue weighted by atomic mass is 15.2. The van der Waals surface area contributed by atoms with Gasteiger partial charge in [-0.25, -0.2) is 4.57 Å². The minimum atomic E-state index is 1.09. The van der Waals surface area contributed by atoms with Crippen LogP contribution in [0.15, 0.2) is 207 Å². The number of anilines is 6. The molecule has 0 aliphatic rings. The number of pyridine rings is 2. The predicted octanol–water partition coefficient (Wildman–Crippen LogP) is 13.1. The molecule has 2 aromatic heterocycles. The molecular weight excluding hydrogens is 669 g/mol. The van der Waals surface area contributed by atoms with Crippen LogP contribution in [0.2, 0.25) is 0 Å². The summed E-state index contributed by atoms with van der Waals surface area (Å²) in [6, 6.07) is 65.7. The van der Waals surface area contributed by atoms with Crippen molar-refractivity contribution < 1.29 is 4.57 Å². The second-order valence-electron chi connectivity index (χ2n) is 14.0. The van der Waals surface area contributed by atoms with Gasteiger partial charge in [-0.3, -0.25) is 4.98 Å². The van der Waals surface area contributed by atoms with Gasteiger partial charge in [-0.1, -0.05) is 97.1 Å². The fourth-order valence-corrected chi connectivity index (χ4v) is 8.18. The van der Waals surface area contributed by atoms with Gasteiger partial charge in [0.05, 0.1) is 11.4 Å². The maximum Gasteiger partial charge on any atom is 0.169 e. The number of aromatic nitrogens is 2. The van der Waals surface area contributed by atoms with Crippen LogP contribution in [0.4, 0.5) is 34.1 Å². The molecule has 0 N–H and O–H groups in total. The minimum Gasteiger partial charge on any atom is -0.310 e. The van der Waals surface area contributed by atoms with Crippen molar-refractivity contribution in [2.45, 2.75) is 0 Å². The maximum absolute atomic E-state index is 4.39. The van der Waals surface area contributed by atoms with Gasteiger partial charge in [0.15, 0.2) is 12.4 Å². The zero-order chi connectivity index (χ0) is 36.7. The molecule has 0 bridgehead atoms. The second kappa shape index (κ2) is 13.6. The molecule has 4 heteroatoms. The van der Waals surface area contributed by atoms with Gasteiger partial charge in [0.1, 0.15) is 7.05 Å². The number of hydrogen-bond acceptors (Lipinski definition) is 3. The van der Waals surface area contributed by atoms with Gasteiger partial charge >= 0.3 is 0 Å². The molecule has 10 rings (SSSR count).